The molecule has 0 aromatic heterocycles. The fraction of sp³-hybridized carbons (Fsp3) is 0.458. The highest BCUT2D eigenvalue weighted by molar-refractivity contribution is 7.89. The van der Waals surface area contributed by atoms with Gasteiger partial charge in [0, 0.05) is 25.2 Å². The Morgan fingerprint density at radius 2 is 1.52 bits per heavy atom. The van der Waals surface area contributed by atoms with E-state index in [1.165, 1.54) is 4.31 Å². The van der Waals surface area contributed by atoms with Crippen molar-refractivity contribution in [3.63, 3.8) is 0 Å². The first kappa shape index (κ1) is 21.8. The zero-order chi connectivity index (χ0) is 21.8. The number of benzene rings is 2. The minimum atomic E-state index is -3.48. The van der Waals surface area contributed by atoms with Crippen LogP contribution in [-0.2, 0) is 10.0 Å². The second-order valence-corrected chi connectivity index (χ2v) is 10.2. The normalized spacial score (nSPS) is 20.4. The summed E-state index contributed by atoms with van der Waals surface area (Å²) in [4.78, 5) is 15.6. The average Bonchev–Trinajstić information content (AvgIpc) is 3.25. The van der Waals surface area contributed by atoms with Gasteiger partial charge in [0.25, 0.3) is 5.91 Å². The molecule has 1 atom stereocenters. The number of methoxy groups -OCH3 is 1. The van der Waals surface area contributed by atoms with Crippen molar-refractivity contribution in [1.82, 2.24) is 9.21 Å². The molecule has 2 saturated heterocycles. The van der Waals surface area contributed by atoms with Crippen molar-refractivity contribution in [2.45, 2.75) is 49.5 Å². The molecule has 0 spiro atoms. The van der Waals surface area contributed by atoms with Crippen molar-refractivity contribution in [3.05, 3.63) is 59.7 Å². The molecular formula is C24H30N2O4S. The van der Waals surface area contributed by atoms with E-state index in [1.807, 2.05) is 29.2 Å². The van der Waals surface area contributed by atoms with Gasteiger partial charge in [-0.05, 0) is 67.6 Å². The van der Waals surface area contributed by atoms with Crippen molar-refractivity contribution in [2.24, 2.45) is 0 Å². The molecule has 0 saturated carbocycles. The molecule has 0 radical (unpaired) electrons. The maximum atomic E-state index is 13.4. The number of likely N-dealkylation sites (tertiary alicyclic amines) is 1. The predicted molar refractivity (Wildman–Crippen MR) is 120 cm³/mol. The molecule has 2 aromatic carbocycles. The summed E-state index contributed by atoms with van der Waals surface area (Å²) in [6.07, 6.45) is 5.87. The summed E-state index contributed by atoms with van der Waals surface area (Å²) in [5.74, 6) is 0.748. The highest BCUT2D eigenvalue weighted by atomic mass is 32.2. The smallest absolute Gasteiger partial charge is 0.254 e. The minimum Gasteiger partial charge on any atom is -0.497 e. The Labute approximate surface area is 184 Å². The van der Waals surface area contributed by atoms with Crippen LogP contribution >= 0.6 is 0 Å². The van der Waals surface area contributed by atoms with E-state index in [-0.39, 0.29) is 16.8 Å². The Morgan fingerprint density at radius 3 is 2.16 bits per heavy atom. The molecule has 0 N–H and O–H groups in total. The molecule has 2 aliphatic rings. The quantitative estimate of drug-likeness (QED) is 0.695. The summed E-state index contributed by atoms with van der Waals surface area (Å²) in [6.45, 7) is 1.84. The molecule has 166 valence electrons. The maximum Gasteiger partial charge on any atom is 0.254 e. The van der Waals surface area contributed by atoms with E-state index in [0.29, 0.717) is 25.2 Å². The maximum absolute atomic E-state index is 13.4. The number of carbonyl (C=O) groups excluding carboxylic acids is 1. The largest absolute Gasteiger partial charge is 0.497 e. The molecule has 2 aromatic rings. The van der Waals surface area contributed by atoms with Crippen molar-refractivity contribution in [3.8, 4) is 5.75 Å². The van der Waals surface area contributed by atoms with Gasteiger partial charge in [0.05, 0.1) is 18.0 Å². The number of hydrogen-bond acceptors (Lipinski definition) is 4. The lowest BCUT2D eigenvalue weighted by Gasteiger charge is -2.31. The zero-order valence-electron chi connectivity index (χ0n) is 18.0. The van der Waals surface area contributed by atoms with Gasteiger partial charge in [-0.1, -0.05) is 25.0 Å². The van der Waals surface area contributed by atoms with E-state index in [4.69, 9.17) is 4.74 Å². The average molecular weight is 443 g/mol. The van der Waals surface area contributed by atoms with Crippen LogP contribution in [0.25, 0.3) is 0 Å². The van der Waals surface area contributed by atoms with E-state index < -0.39 is 10.0 Å². The van der Waals surface area contributed by atoms with Crippen LogP contribution in [0.3, 0.4) is 0 Å². The van der Waals surface area contributed by atoms with Crippen LogP contribution in [0.15, 0.2) is 53.4 Å². The SMILES string of the molecule is COc1ccc(C2CCCCCN2C(=O)c2ccc(S(=O)(=O)N3CCCC3)cc2)cc1. The highest BCUT2D eigenvalue weighted by Crippen LogP contribution is 2.32. The minimum absolute atomic E-state index is 0.00825. The summed E-state index contributed by atoms with van der Waals surface area (Å²) in [5, 5.41) is 0. The molecular weight excluding hydrogens is 412 g/mol. The van der Waals surface area contributed by atoms with E-state index >= 15 is 0 Å². The number of rotatable bonds is 5. The van der Waals surface area contributed by atoms with Crippen LogP contribution in [0.5, 0.6) is 5.75 Å². The van der Waals surface area contributed by atoms with Gasteiger partial charge < -0.3 is 9.64 Å². The molecule has 4 rings (SSSR count). The number of nitrogens with zero attached hydrogens (tertiary/aromatic N) is 2. The molecule has 31 heavy (non-hydrogen) atoms. The van der Waals surface area contributed by atoms with Gasteiger partial charge in [-0.3, -0.25) is 4.79 Å². The van der Waals surface area contributed by atoms with Gasteiger partial charge in [-0.15, -0.1) is 0 Å². The lowest BCUT2D eigenvalue weighted by Crippen LogP contribution is -2.35. The molecule has 2 fully saturated rings. The van der Waals surface area contributed by atoms with Gasteiger partial charge in [0.15, 0.2) is 0 Å². The lowest BCUT2D eigenvalue weighted by molar-refractivity contribution is 0.0681. The Kier molecular flexibility index (Phi) is 6.62. The zero-order valence-corrected chi connectivity index (χ0v) is 18.8. The molecule has 6 nitrogen and oxygen atoms in total. The van der Waals surface area contributed by atoms with Crippen LogP contribution in [-0.4, -0.2) is 50.3 Å². The Hall–Kier alpha value is -2.38. The molecule has 2 aliphatic heterocycles. The second-order valence-electron chi connectivity index (χ2n) is 8.27. The van der Waals surface area contributed by atoms with Crippen LogP contribution < -0.4 is 4.74 Å². The molecule has 2 heterocycles. The number of sulfonamides is 1. The molecule has 7 heteroatoms. The Balaban J connectivity index is 1.57. The summed E-state index contributed by atoms with van der Waals surface area (Å²) in [7, 11) is -1.83. The molecule has 1 amide bonds. The van der Waals surface area contributed by atoms with E-state index in [2.05, 4.69) is 0 Å². The standard InChI is InChI=1S/C24H30N2O4S/c1-30-21-12-8-19(9-13-21)23-7-3-2-4-18-26(23)24(27)20-10-14-22(15-11-20)31(28,29)25-16-5-6-17-25/h8-15,23H,2-7,16-18H2,1H3. The summed E-state index contributed by atoms with van der Waals surface area (Å²) in [5.41, 5.74) is 1.63. The van der Waals surface area contributed by atoms with E-state index in [0.717, 1.165) is 49.8 Å². The first-order valence-corrected chi connectivity index (χ1v) is 12.5. The predicted octanol–water partition coefficient (Wildman–Crippen LogP) is 4.24. The van der Waals surface area contributed by atoms with E-state index in [1.54, 1.807) is 31.4 Å². The summed E-state index contributed by atoms with van der Waals surface area (Å²) < 4.78 is 32.3. The Morgan fingerprint density at radius 1 is 0.871 bits per heavy atom. The third kappa shape index (κ3) is 4.62. The second kappa shape index (κ2) is 9.40. The molecule has 0 aliphatic carbocycles. The van der Waals surface area contributed by atoms with Gasteiger partial charge in [0.1, 0.15) is 5.75 Å². The number of hydrogen-bond donors (Lipinski definition) is 0. The number of ether oxygens (including phenoxy) is 1. The van der Waals surface area contributed by atoms with Gasteiger partial charge in [-0.25, -0.2) is 8.42 Å². The lowest BCUT2D eigenvalue weighted by atomic mass is 10.00. The first-order chi connectivity index (χ1) is 15.0. The fourth-order valence-corrected chi connectivity index (χ4v) is 6.05. The number of amides is 1. The van der Waals surface area contributed by atoms with Crippen molar-refractivity contribution >= 4 is 15.9 Å². The van der Waals surface area contributed by atoms with Crippen molar-refractivity contribution < 1.29 is 17.9 Å². The fourth-order valence-electron chi connectivity index (χ4n) is 4.54. The third-order valence-corrected chi connectivity index (χ3v) is 8.23. The van der Waals surface area contributed by atoms with Gasteiger partial charge in [0.2, 0.25) is 10.0 Å². The first-order valence-electron chi connectivity index (χ1n) is 11.1. The summed E-state index contributed by atoms with van der Waals surface area (Å²) in [6, 6.07) is 14.4. The summed E-state index contributed by atoms with van der Waals surface area (Å²) >= 11 is 0. The monoisotopic (exact) mass is 442 g/mol. The highest BCUT2D eigenvalue weighted by Gasteiger charge is 2.29. The van der Waals surface area contributed by atoms with Crippen molar-refractivity contribution in [2.75, 3.05) is 26.7 Å². The third-order valence-electron chi connectivity index (χ3n) is 6.32. The Bertz CT molecular complexity index is 997. The van der Waals surface area contributed by atoms with Crippen LogP contribution in [0.2, 0.25) is 0 Å². The topological polar surface area (TPSA) is 66.9 Å². The number of carbonyl (C=O) groups is 1. The van der Waals surface area contributed by atoms with E-state index in [9.17, 15) is 13.2 Å². The molecule has 0 bridgehead atoms. The van der Waals surface area contributed by atoms with Crippen LogP contribution in [0.1, 0.15) is 60.5 Å². The van der Waals surface area contributed by atoms with Gasteiger partial charge >= 0.3 is 0 Å². The van der Waals surface area contributed by atoms with Crippen LogP contribution in [0, 0.1) is 0 Å². The van der Waals surface area contributed by atoms with Gasteiger partial charge in [-0.2, -0.15) is 4.31 Å². The molecule has 1 unspecified atom stereocenters. The van der Waals surface area contributed by atoms with Crippen LogP contribution in [0.4, 0.5) is 0 Å². The van der Waals surface area contributed by atoms with Crippen molar-refractivity contribution in [1.29, 1.82) is 0 Å².